The molecule has 0 aliphatic carbocycles. The first-order valence-corrected chi connectivity index (χ1v) is 8.65. The SMILES string of the molecule is CC(C)c1nc(-c2ccccc2)nc2c(-c3ccccc3)cccc12. The molecule has 0 radical (unpaired) electrons. The lowest BCUT2D eigenvalue weighted by Gasteiger charge is -2.14. The van der Waals surface area contributed by atoms with Crippen LogP contribution in [0.1, 0.15) is 25.5 Å². The molecule has 0 saturated heterocycles. The Morgan fingerprint density at radius 3 is 1.92 bits per heavy atom. The molecule has 1 aromatic heterocycles. The first-order chi connectivity index (χ1) is 12.2. The fourth-order valence-corrected chi connectivity index (χ4v) is 3.18. The summed E-state index contributed by atoms with van der Waals surface area (Å²) in [6.45, 7) is 4.37. The lowest BCUT2D eigenvalue weighted by atomic mass is 9.98. The van der Waals surface area contributed by atoms with Gasteiger partial charge in [0.15, 0.2) is 5.82 Å². The molecule has 25 heavy (non-hydrogen) atoms. The summed E-state index contributed by atoms with van der Waals surface area (Å²) in [6.07, 6.45) is 0. The molecule has 0 amide bonds. The lowest BCUT2D eigenvalue weighted by molar-refractivity contribution is 0.831. The van der Waals surface area contributed by atoms with E-state index >= 15 is 0 Å². The maximum atomic E-state index is 4.95. The van der Waals surface area contributed by atoms with Crippen molar-refractivity contribution >= 4 is 10.9 Å². The Balaban J connectivity index is 2.04. The highest BCUT2D eigenvalue weighted by Crippen LogP contribution is 2.32. The van der Waals surface area contributed by atoms with Crippen LogP contribution in [0.15, 0.2) is 78.9 Å². The maximum absolute atomic E-state index is 4.95. The number of para-hydroxylation sites is 1. The molecule has 0 aliphatic rings. The van der Waals surface area contributed by atoms with Crippen molar-refractivity contribution in [3.63, 3.8) is 0 Å². The molecular formula is C23H20N2. The van der Waals surface area contributed by atoms with Crippen LogP contribution in [-0.2, 0) is 0 Å². The van der Waals surface area contributed by atoms with Crippen molar-refractivity contribution in [1.82, 2.24) is 9.97 Å². The minimum atomic E-state index is 0.332. The molecule has 0 unspecified atom stereocenters. The van der Waals surface area contributed by atoms with Crippen molar-refractivity contribution in [2.75, 3.05) is 0 Å². The Kier molecular flexibility index (Phi) is 4.02. The molecule has 0 spiro atoms. The van der Waals surface area contributed by atoms with Gasteiger partial charge in [-0.05, 0) is 11.5 Å². The molecule has 0 fully saturated rings. The zero-order chi connectivity index (χ0) is 17.2. The first-order valence-electron chi connectivity index (χ1n) is 8.65. The van der Waals surface area contributed by atoms with E-state index in [2.05, 4.69) is 68.4 Å². The van der Waals surface area contributed by atoms with E-state index in [1.807, 2.05) is 24.3 Å². The summed E-state index contributed by atoms with van der Waals surface area (Å²) in [5, 5.41) is 1.14. The summed E-state index contributed by atoms with van der Waals surface area (Å²) in [5.74, 6) is 1.12. The van der Waals surface area contributed by atoms with Crippen LogP contribution in [0.5, 0.6) is 0 Å². The average molecular weight is 324 g/mol. The molecule has 0 saturated carbocycles. The van der Waals surface area contributed by atoms with Crippen LogP contribution in [-0.4, -0.2) is 9.97 Å². The number of rotatable bonds is 3. The minimum absolute atomic E-state index is 0.332. The number of aromatic nitrogens is 2. The van der Waals surface area contributed by atoms with Crippen LogP contribution in [0, 0.1) is 0 Å². The third-order valence-corrected chi connectivity index (χ3v) is 4.42. The Bertz CT molecular complexity index is 1010. The second-order valence-corrected chi connectivity index (χ2v) is 6.52. The lowest BCUT2D eigenvalue weighted by Crippen LogP contribution is -2.01. The van der Waals surface area contributed by atoms with Crippen molar-refractivity contribution in [1.29, 1.82) is 0 Å². The van der Waals surface area contributed by atoms with E-state index in [0.717, 1.165) is 33.5 Å². The number of hydrogen-bond donors (Lipinski definition) is 0. The number of hydrogen-bond acceptors (Lipinski definition) is 2. The molecule has 2 heteroatoms. The van der Waals surface area contributed by atoms with Gasteiger partial charge in [-0.1, -0.05) is 92.7 Å². The van der Waals surface area contributed by atoms with E-state index < -0.39 is 0 Å². The van der Waals surface area contributed by atoms with Crippen molar-refractivity contribution in [3.05, 3.63) is 84.6 Å². The predicted octanol–water partition coefficient (Wildman–Crippen LogP) is 6.09. The van der Waals surface area contributed by atoms with Gasteiger partial charge in [-0.2, -0.15) is 0 Å². The van der Waals surface area contributed by atoms with Crippen LogP contribution in [0.4, 0.5) is 0 Å². The molecule has 0 atom stereocenters. The molecule has 1 heterocycles. The van der Waals surface area contributed by atoms with E-state index in [1.165, 1.54) is 5.56 Å². The smallest absolute Gasteiger partial charge is 0.160 e. The summed E-state index contributed by atoms with van der Waals surface area (Å²) in [4.78, 5) is 9.85. The quantitative estimate of drug-likeness (QED) is 0.456. The molecular weight excluding hydrogens is 304 g/mol. The summed E-state index contributed by atoms with van der Waals surface area (Å²) in [6, 6.07) is 27.0. The molecule has 4 aromatic rings. The van der Waals surface area contributed by atoms with Crippen LogP contribution in [0.2, 0.25) is 0 Å². The summed E-state index contributed by atoms with van der Waals surface area (Å²) in [5.41, 5.74) is 5.50. The topological polar surface area (TPSA) is 25.8 Å². The third kappa shape index (κ3) is 2.91. The molecule has 3 aromatic carbocycles. The van der Waals surface area contributed by atoms with E-state index in [0.29, 0.717) is 5.92 Å². The standard InChI is InChI=1S/C23H20N2/c1-16(2)21-20-15-9-14-19(17-10-5-3-6-11-17)22(20)25-23(24-21)18-12-7-4-8-13-18/h3-16H,1-2H3. The van der Waals surface area contributed by atoms with Crippen molar-refractivity contribution in [2.24, 2.45) is 0 Å². The molecule has 0 aliphatic heterocycles. The Morgan fingerprint density at radius 1 is 0.640 bits per heavy atom. The van der Waals surface area contributed by atoms with Gasteiger partial charge in [-0.15, -0.1) is 0 Å². The number of benzene rings is 3. The highest BCUT2D eigenvalue weighted by molar-refractivity contribution is 5.95. The first kappa shape index (κ1) is 15.5. The number of fused-ring (bicyclic) bond motifs is 1. The number of nitrogens with zero attached hydrogens (tertiary/aromatic N) is 2. The highest BCUT2D eigenvalue weighted by Gasteiger charge is 2.15. The molecule has 0 bridgehead atoms. The Morgan fingerprint density at radius 2 is 1.28 bits per heavy atom. The zero-order valence-electron chi connectivity index (χ0n) is 14.5. The van der Waals surface area contributed by atoms with Crippen LogP contribution in [0.3, 0.4) is 0 Å². The van der Waals surface area contributed by atoms with Gasteiger partial charge in [0.25, 0.3) is 0 Å². The van der Waals surface area contributed by atoms with Crippen LogP contribution in [0.25, 0.3) is 33.4 Å². The molecule has 4 rings (SSSR count). The second-order valence-electron chi connectivity index (χ2n) is 6.52. The predicted molar refractivity (Wildman–Crippen MR) is 104 cm³/mol. The van der Waals surface area contributed by atoms with Crippen molar-refractivity contribution < 1.29 is 0 Å². The molecule has 122 valence electrons. The van der Waals surface area contributed by atoms with Crippen LogP contribution >= 0.6 is 0 Å². The van der Waals surface area contributed by atoms with Gasteiger partial charge in [0.1, 0.15) is 0 Å². The van der Waals surface area contributed by atoms with Crippen LogP contribution < -0.4 is 0 Å². The fourth-order valence-electron chi connectivity index (χ4n) is 3.18. The third-order valence-electron chi connectivity index (χ3n) is 4.42. The normalized spacial score (nSPS) is 11.2. The van der Waals surface area contributed by atoms with Crippen molar-refractivity contribution in [2.45, 2.75) is 19.8 Å². The monoisotopic (exact) mass is 324 g/mol. The van der Waals surface area contributed by atoms with Gasteiger partial charge in [0.05, 0.1) is 11.2 Å². The zero-order valence-corrected chi connectivity index (χ0v) is 14.5. The second kappa shape index (κ2) is 6.48. The van der Waals surface area contributed by atoms with E-state index in [1.54, 1.807) is 0 Å². The fraction of sp³-hybridized carbons (Fsp3) is 0.130. The average Bonchev–Trinajstić information content (AvgIpc) is 2.68. The van der Waals surface area contributed by atoms with Gasteiger partial charge < -0.3 is 0 Å². The summed E-state index contributed by atoms with van der Waals surface area (Å²) in [7, 11) is 0. The van der Waals surface area contributed by atoms with E-state index in [4.69, 9.17) is 9.97 Å². The summed E-state index contributed by atoms with van der Waals surface area (Å²) >= 11 is 0. The summed E-state index contributed by atoms with van der Waals surface area (Å²) < 4.78 is 0. The minimum Gasteiger partial charge on any atom is -0.232 e. The van der Waals surface area contributed by atoms with E-state index in [9.17, 15) is 0 Å². The highest BCUT2D eigenvalue weighted by atomic mass is 14.9. The van der Waals surface area contributed by atoms with Gasteiger partial charge in [-0.25, -0.2) is 9.97 Å². The van der Waals surface area contributed by atoms with E-state index in [-0.39, 0.29) is 0 Å². The van der Waals surface area contributed by atoms with Gasteiger partial charge in [0.2, 0.25) is 0 Å². The van der Waals surface area contributed by atoms with Gasteiger partial charge in [-0.3, -0.25) is 0 Å². The van der Waals surface area contributed by atoms with Gasteiger partial charge in [0, 0.05) is 16.5 Å². The Hall–Kier alpha value is -3.00. The van der Waals surface area contributed by atoms with Gasteiger partial charge >= 0.3 is 0 Å². The largest absolute Gasteiger partial charge is 0.232 e. The van der Waals surface area contributed by atoms with Crippen molar-refractivity contribution in [3.8, 4) is 22.5 Å². The maximum Gasteiger partial charge on any atom is 0.160 e. The molecule has 2 nitrogen and oxygen atoms in total. The Labute approximate surface area is 148 Å². The molecule has 0 N–H and O–H groups in total.